The van der Waals surface area contributed by atoms with Crippen LogP contribution in [0.1, 0.15) is 53.5 Å². The Bertz CT molecular complexity index is 1200. The molecule has 0 amide bonds. The van der Waals surface area contributed by atoms with Gasteiger partial charge < -0.3 is 25.5 Å². The molecule has 9 heteroatoms. The van der Waals surface area contributed by atoms with E-state index in [9.17, 15) is 44.7 Å². The van der Waals surface area contributed by atoms with E-state index in [1.165, 1.54) is 6.07 Å². The van der Waals surface area contributed by atoms with Crippen LogP contribution in [0.25, 0.3) is 0 Å². The van der Waals surface area contributed by atoms with Crippen LogP contribution in [0, 0.1) is 23.7 Å². The van der Waals surface area contributed by atoms with Gasteiger partial charge >= 0.3 is 5.97 Å². The molecule has 5 N–H and O–H groups in total. The normalized spacial score (nSPS) is 29.1. The SMILES string of the molecule is CC(=O)C1=C(O)C(C(C)C)[C@H]2C[C@H]3Cc4c(C(=O)O)ccc(O)c4C(=O)C3=C(O)[C@@]2(O)C1=O. The molecule has 0 saturated heterocycles. The zero-order valence-corrected chi connectivity index (χ0v) is 18.2. The van der Waals surface area contributed by atoms with Crippen LogP contribution in [0.2, 0.25) is 0 Å². The number of benzene rings is 1. The zero-order valence-electron chi connectivity index (χ0n) is 18.2. The van der Waals surface area contributed by atoms with E-state index in [0.717, 1.165) is 13.0 Å². The van der Waals surface area contributed by atoms with Gasteiger partial charge in [-0.15, -0.1) is 0 Å². The lowest BCUT2D eigenvalue weighted by atomic mass is 9.55. The first-order chi connectivity index (χ1) is 15.3. The largest absolute Gasteiger partial charge is 0.511 e. The molecule has 0 radical (unpaired) electrons. The highest BCUT2D eigenvalue weighted by Crippen LogP contribution is 2.54. The molecule has 1 aromatic rings. The number of carbonyl (C=O) groups is 4. The predicted molar refractivity (Wildman–Crippen MR) is 113 cm³/mol. The third kappa shape index (κ3) is 2.88. The second-order valence-electron chi connectivity index (χ2n) is 9.31. The molecule has 0 heterocycles. The van der Waals surface area contributed by atoms with Gasteiger partial charge in [0.25, 0.3) is 0 Å². The highest BCUT2D eigenvalue weighted by Gasteiger charge is 2.62. The molecule has 0 bridgehead atoms. The molecule has 9 nitrogen and oxygen atoms in total. The van der Waals surface area contributed by atoms with Crippen LogP contribution in [-0.2, 0) is 16.0 Å². The Labute approximate surface area is 188 Å². The molecule has 0 saturated carbocycles. The second kappa shape index (κ2) is 7.28. The van der Waals surface area contributed by atoms with Crippen LogP contribution in [0.5, 0.6) is 5.75 Å². The average molecular weight is 456 g/mol. The summed E-state index contributed by atoms with van der Waals surface area (Å²) in [5, 5.41) is 53.3. The molecule has 0 spiro atoms. The molecule has 3 aliphatic rings. The van der Waals surface area contributed by atoms with Crippen molar-refractivity contribution >= 4 is 23.3 Å². The Kier molecular flexibility index (Phi) is 5.01. The number of hydrogen-bond acceptors (Lipinski definition) is 8. The Hall–Kier alpha value is -3.46. The average Bonchev–Trinajstić information content (AvgIpc) is 2.70. The van der Waals surface area contributed by atoms with Gasteiger partial charge in [0.05, 0.1) is 11.1 Å². The van der Waals surface area contributed by atoms with E-state index in [2.05, 4.69) is 0 Å². The molecule has 174 valence electrons. The lowest BCUT2D eigenvalue weighted by Gasteiger charge is -2.49. The maximum absolute atomic E-state index is 13.4. The minimum atomic E-state index is -2.61. The number of allylic oxidation sites excluding steroid dienone is 2. The molecule has 0 aromatic heterocycles. The summed E-state index contributed by atoms with van der Waals surface area (Å²) in [6.45, 7) is 4.52. The first-order valence-electron chi connectivity index (χ1n) is 10.6. The lowest BCUT2D eigenvalue weighted by molar-refractivity contribution is -0.149. The number of aromatic carboxylic acids is 1. The topological polar surface area (TPSA) is 169 Å². The van der Waals surface area contributed by atoms with Crippen LogP contribution in [0.3, 0.4) is 0 Å². The smallest absolute Gasteiger partial charge is 0.335 e. The van der Waals surface area contributed by atoms with Gasteiger partial charge in [-0.2, -0.15) is 0 Å². The molecular formula is C24H24O9. The number of hydrogen-bond donors (Lipinski definition) is 5. The number of fused-ring (bicyclic) bond motifs is 3. The van der Waals surface area contributed by atoms with Crippen LogP contribution >= 0.6 is 0 Å². The number of ketones is 3. The fourth-order valence-corrected chi connectivity index (χ4v) is 5.80. The third-order valence-corrected chi connectivity index (χ3v) is 7.19. The second-order valence-corrected chi connectivity index (χ2v) is 9.31. The predicted octanol–water partition coefficient (Wildman–Crippen LogP) is 2.26. The molecule has 3 aliphatic carbocycles. The first-order valence-corrected chi connectivity index (χ1v) is 10.6. The summed E-state index contributed by atoms with van der Waals surface area (Å²) in [5.41, 5.74) is -3.88. The molecule has 4 rings (SSSR count). The monoisotopic (exact) mass is 456 g/mol. The molecule has 1 unspecified atom stereocenters. The maximum atomic E-state index is 13.4. The number of rotatable bonds is 3. The number of aliphatic hydroxyl groups excluding tert-OH is 2. The van der Waals surface area contributed by atoms with E-state index in [1.807, 2.05) is 0 Å². The van der Waals surface area contributed by atoms with Gasteiger partial charge in [0.1, 0.15) is 22.8 Å². The van der Waals surface area contributed by atoms with Gasteiger partial charge in [-0.1, -0.05) is 13.8 Å². The van der Waals surface area contributed by atoms with E-state index in [4.69, 9.17) is 0 Å². The van der Waals surface area contributed by atoms with Crippen LogP contribution in [-0.4, -0.2) is 54.5 Å². The lowest BCUT2D eigenvalue weighted by Crippen LogP contribution is -2.60. The number of aromatic hydroxyl groups is 1. The van der Waals surface area contributed by atoms with E-state index in [1.54, 1.807) is 13.8 Å². The summed E-state index contributed by atoms with van der Waals surface area (Å²) < 4.78 is 0. The van der Waals surface area contributed by atoms with E-state index >= 15 is 0 Å². The number of Topliss-reactive ketones (excluding diaryl/α,β-unsaturated/α-hetero) is 3. The highest BCUT2D eigenvalue weighted by atomic mass is 16.4. The summed E-state index contributed by atoms with van der Waals surface area (Å²) >= 11 is 0. The third-order valence-electron chi connectivity index (χ3n) is 7.19. The van der Waals surface area contributed by atoms with Gasteiger partial charge in [-0.25, -0.2) is 4.79 Å². The van der Waals surface area contributed by atoms with E-state index in [-0.39, 0.29) is 41.0 Å². The summed E-state index contributed by atoms with van der Waals surface area (Å²) in [6, 6.07) is 2.25. The minimum Gasteiger partial charge on any atom is -0.511 e. The number of carbonyl (C=O) groups excluding carboxylic acids is 3. The zero-order chi connectivity index (χ0) is 24.6. The number of carboxylic acid groups (broad SMARTS) is 1. The Morgan fingerprint density at radius 1 is 1.12 bits per heavy atom. The molecule has 0 aliphatic heterocycles. The van der Waals surface area contributed by atoms with Crippen molar-refractivity contribution in [1.82, 2.24) is 0 Å². The number of carboxylic acids is 1. The van der Waals surface area contributed by atoms with Crippen molar-refractivity contribution in [2.45, 2.75) is 39.2 Å². The van der Waals surface area contributed by atoms with Crippen molar-refractivity contribution in [3.63, 3.8) is 0 Å². The van der Waals surface area contributed by atoms with Crippen molar-refractivity contribution in [3.05, 3.63) is 51.5 Å². The van der Waals surface area contributed by atoms with Crippen LogP contribution < -0.4 is 0 Å². The fourth-order valence-electron chi connectivity index (χ4n) is 5.80. The molecular weight excluding hydrogens is 432 g/mol. The standard InChI is InChI=1S/C24H24O9/c1-8(2)15-13-7-10-6-12-11(23(31)32)4-5-14(26)18(12)20(28)17(10)22(30)24(13,33)21(29)16(9(3)25)19(15)27/h4-5,8,10,13,15,26-27,30,33H,6-7H2,1-3H3,(H,31,32)/t10-,13-,15?,24+/m1/s1. The Morgan fingerprint density at radius 3 is 2.30 bits per heavy atom. The van der Waals surface area contributed by atoms with Crippen molar-refractivity contribution in [2.24, 2.45) is 23.7 Å². The van der Waals surface area contributed by atoms with Crippen molar-refractivity contribution in [1.29, 1.82) is 0 Å². The van der Waals surface area contributed by atoms with Gasteiger partial charge in [-0.3, -0.25) is 14.4 Å². The molecule has 1 aromatic carbocycles. The Balaban J connectivity index is 1.99. The summed E-state index contributed by atoms with van der Waals surface area (Å²) in [6.07, 6.45) is -0.0637. The van der Waals surface area contributed by atoms with Crippen LogP contribution in [0.4, 0.5) is 0 Å². The van der Waals surface area contributed by atoms with E-state index in [0.29, 0.717) is 0 Å². The van der Waals surface area contributed by atoms with Gasteiger partial charge in [0, 0.05) is 17.4 Å². The summed E-state index contributed by atoms with van der Waals surface area (Å²) in [5.74, 6) is -9.02. The minimum absolute atomic E-state index is 0.0282. The fraction of sp³-hybridized carbons (Fsp3) is 0.417. The number of phenolic OH excluding ortho intramolecular Hbond substituents is 1. The summed E-state index contributed by atoms with van der Waals surface area (Å²) in [4.78, 5) is 50.5. The van der Waals surface area contributed by atoms with Crippen molar-refractivity contribution in [2.75, 3.05) is 0 Å². The number of phenols is 1. The van der Waals surface area contributed by atoms with Gasteiger partial charge in [0.15, 0.2) is 17.2 Å². The molecule has 33 heavy (non-hydrogen) atoms. The molecule has 0 fully saturated rings. The number of aliphatic hydroxyl groups is 3. The van der Waals surface area contributed by atoms with Crippen molar-refractivity contribution in [3.8, 4) is 5.75 Å². The van der Waals surface area contributed by atoms with Gasteiger partial charge in [-0.05, 0) is 49.3 Å². The van der Waals surface area contributed by atoms with E-state index < -0.39 is 69.5 Å². The highest BCUT2D eigenvalue weighted by molar-refractivity contribution is 6.25. The molecule has 4 atom stereocenters. The van der Waals surface area contributed by atoms with Gasteiger partial charge in [0.2, 0.25) is 5.78 Å². The summed E-state index contributed by atoms with van der Waals surface area (Å²) in [7, 11) is 0. The quantitative estimate of drug-likeness (QED) is 0.428. The first kappa shape index (κ1) is 22.7. The maximum Gasteiger partial charge on any atom is 0.335 e. The van der Waals surface area contributed by atoms with Crippen molar-refractivity contribution < 1.29 is 44.7 Å². The Morgan fingerprint density at radius 2 is 1.76 bits per heavy atom. The van der Waals surface area contributed by atoms with Crippen LogP contribution in [0.15, 0.2) is 34.8 Å².